The Hall–Kier alpha value is -2.48. The van der Waals surface area contributed by atoms with E-state index in [1.54, 1.807) is 6.07 Å². The van der Waals surface area contributed by atoms with Crippen molar-refractivity contribution in [2.45, 2.75) is 19.1 Å². The number of nitrogens with zero attached hydrogens (tertiary/aromatic N) is 2. The van der Waals surface area contributed by atoms with Gasteiger partial charge in [0.05, 0.1) is 6.10 Å². The highest BCUT2D eigenvalue weighted by atomic mass is 16.4. The van der Waals surface area contributed by atoms with E-state index < -0.39 is 24.0 Å². The van der Waals surface area contributed by atoms with Gasteiger partial charge in [-0.25, -0.2) is 4.79 Å². The molecular weight excluding hydrogens is 252 g/mol. The number of aromatic amines is 1. The van der Waals surface area contributed by atoms with Gasteiger partial charge in [-0.3, -0.25) is 4.79 Å². The van der Waals surface area contributed by atoms with Crippen molar-refractivity contribution in [3.63, 3.8) is 0 Å². The minimum atomic E-state index is -1.36. The van der Waals surface area contributed by atoms with Crippen molar-refractivity contribution in [3.8, 4) is 0 Å². The monoisotopic (exact) mass is 264 g/mol. The average Bonchev–Trinajstić information content (AvgIpc) is 2.81. The van der Waals surface area contributed by atoms with E-state index in [0.717, 1.165) is 0 Å². The summed E-state index contributed by atoms with van der Waals surface area (Å²) < 4.78 is 0. The third-order valence-corrected chi connectivity index (χ3v) is 2.61. The zero-order valence-corrected chi connectivity index (χ0v) is 9.99. The van der Waals surface area contributed by atoms with Gasteiger partial charge >= 0.3 is 5.97 Å². The second-order valence-electron chi connectivity index (χ2n) is 4.06. The number of amides is 1. The van der Waals surface area contributed by atoms with Crippen LogP contribution in [0.4, 0.5) is 0 Å². The first-order valence-corrected chi connectivity index (χ1v) is 5.51. The maximum Gasteiger partial charge on any atom is 0.328 e. The smallest absolute Gasteiger partial charge is 0.328 e. The highest BCUT2D eigenvalue weighted by Gasteiger charge is 2.25. The summed E-state index contributed by atoms with van der Waals surface area (Å²) in [5, 5.41) is 30.5. The first-order chi connectivity index (χ1) is 8.99. The molecule has 0 spiro atoms. The lowest BCUT2D eigenvalue weighted by Gasteiger charge is -2.16. The van der Waals surface area contributed by atoms with Crippen LogP contribution in [0.2, 0.25) is 0 Å². The molecular formula is C11H12N4O4. The van der Waals surface area contributed by atoms with E-state index in [9.17, 15) is 14.7 Å². The van der Waals surface area contributed by atoms with Crippen molar-refractivity contribution in [3.05, 3.63) is 23.8 Å². The topological polar surface area (TPSA) is 128 Å². The number of rotatable bonds is 4. The van der Waals surface area contributed by atoms with Gasteiger partial charge in [0.1, 0.15) is 11.0 Å². The predicted octanol–water partition coefficient (Wildman–Crippen LogP) is -0.478. The quantitative estimate of drug-likeness (QED) is 0.590. The number of H-pyrrole nitrogens is 1. The van der Waals surface area contributed by atoms with Crippen molar-refractivity contribution in [1.82, 2.24) is 20.7 Å². The van der Waals surface area contributed by atoms with E-state index in [1.807, 2.05) is 0 Å². The normalized spacial score (nSPS) is 14.0. The van der Waals surface area contributed by atoms with Crippen molar-refractivity contribution < 1.29 is 19.8 Å². The molecule has 1 aromatic heterocycles. The van der Waals surface area contributed by atoms with Gasteiger partial charge in [0.2, 0.25) is 0 Å². The van der Waals surface area contributed by atoms with Gasteiger partial charge < -0.3 is 15.5 Å². The molecule has 0 bridgehead atoms. The molecule has 100 valence electrons. The van der Waals surface area contributed by atoms with Gasteiger partial charge in [-0.2, -0.15) is 15.4 Å². The average molecular weight is 264 g/mol. The molecule has 19 heavy (non-hydrogen) atoms. The Bertz CT molecular complexity index is 622. The molecule has 1 amide bonds. The fourth-order valence-electron chi connectivity index (χ4n) is 1.59. The minimum Gasteiger partial charge on any atom is -0.480 e. The number of carboxylic acids is 1. The number of aromatic nitrogens is 3. The zero-order valence-electron chi connectivity index (χ0n) is 9.99. The number of nitrogens with one attached hydrogen (secondary N) is 2. The fourth-order valence-corrected chi connectivity index (χ4v) is 1.59. The number of aliphatic hydroxyl groups excluding tert-OH is 1. The first kappa shape index (κ1) is 13.0. The number of carboxylic acid groups (broad SMARTS) is 1. The largest absolute Gasteiger partial charge is 0.480 e. The van der Waals surface area contributed by atoms with Crippen LogP contribution >= 0.6 is 0 Å². The first-order valence-electron chi connectivity index (χ1n) is 5.51. The molecule has 8 nitrogen and oxygen atoms in total. The molecule has 2 rings (SSSR count). The molecule has 1 heterocycles. The van der Waals surface area contributed by atoms with E-state index in [-0.39, 0.29) is 5.56 Å². The predicted molar refractivity (Wildman–Crippen MR) is 64.5 cm³/mol. The Balaban J connectivity index is 2.21. The molecule has 0 unspecified atom stereocenters. The van der Waals surface area contributed by atoms with Crippen LogP contribution in [0.5, 0.6) is 0 Å². The van der Waals surface area contributed by atoms with Crippen LogP contribution in [0, 0.1) is 0 Å². The third kappa shape index (κ3) is 2.68. The van der Waals surface area contributed by atoms with Gasteiger partial charge in [0.15, 0.2) is 6.04 Å². The lowest BCUT2D eigenvalue weighted by Crippen LogP contribution is -2.47. The van der Waals surface area contributed by atoms with Crippen LogP contribution in [-0.4, -0.2) is 49.6 Å². The second-order valence-corrected chi connectivity index (χ2v) is 4.06. The number of carbonyl (C=O) groups excluding carboxylic acids is 1. The summed E-state index contributed by atoms with van der Waals surface area (Å²) in [7, 11) is 0. The van der Waals surface area contributed by atoms with Gasteiger partial charge in [0.25, 0.3) is 5.91 Å². The number of benzene rings is 1. The lowest BCUT2D eigenvalue weighted by atomic mass is 10.1. The highest BCUT2D eigenvalue weighted by molar-refractivity contribution is 5.99. The van der Waals surface area contributed by atoms with Crippen LogP contribution in [0.25, 0.3) is 11.0 Å². The van der Waals surface area contributed by atoms with E-state index >= 15 is 0 Å². The number of aliphatic hydroxyl groups is 1. The molecule has 0 aliphatic rings. The minimum absolute atomic E-state index is 0.244. The Kier molecular flexibility index (Phi) is 3.43. The van der Waals surface area contributed by atoms with Crippen LogP contribution < -0.4 is 5.32 Å². The maximum atomic E-state index is 11.9. The summed E-state index contributed by atoms with van der Waals surface area (Å²) in [4.78, 5) is 22.8. The second kappa shape index (κ2) is 5.02. The molecule has 0 fully saturated rings. The van der Waals surface area contributed by atoms with Gasteiger partial charge in [-0.15, -0.1) is 0 Å². The SMILES string of the molecule is C[C@@H](O)[C@H](NC(=O)c1ccc2n[nH]nc2c1)C(=O)O. The fraction of sp³-hybridized carbons (Fsp3) is 0.273. The molecule has 8 heteroatoms. The van der Waals surface area contributed by atoms with Gasteiger partial charge in [-0.05, 0) is 25.1 Å². The van der Waals surface area contributed by atoms with Crippen molar-refractivity contribution in [2.75, 3.05) is 0 Å². The van der Waals surface area contributed by atoms with Crippen molar-refractivity contribution in [2.24, 2.45) is 0 Å². The maximum absolute atomic E-state index is 11.9. The van der Waals surface area contributed by atoms with Crippen LogP contribution in [0.1, 0.15) is 17.3 Å². The van der Waals surface area contributed by atoms with E-state index in [0.29, 0.717) is 11.0 Å². The van der Waals surface area contributed by atoms with Crippen molar-refractivity contribution >= 4 is 22.9 Å². The molecule has 0 radical (unpaired) electrons. The molecule has 0 saturated carbocycles. The van der Waals surface area contributed by atoms with E-state index in [4.69, 9.17) is 5.11 Å². The number of carbonyl (C=O) groups is 2. The molecule has 0 aliphatic carbocycles. The Morgan fingerprint density at radius 1 is 1.32 bits per heavy atom. The van der Waals surface area contributed by atoms with E-state index in [2.05, 4.69) is 20.7 Å². The zero-order chi connectivity index (χ0) is 14.0. The summed E-state index contributed by atoms with van der Waals surface area (Å²) in [5.74, 6) is -1.90. The molecule has 2 aromatic rings. The summed E-state index contributed by atoms with van der Waals surface area (Å²) in [6.45, 7) is 1.29. The number of hydrogen-bond acceptors (Lipinski definition) is 5. The number of aliphatic carboxylic acids is 1. The molecule has 0 saturated heterocycles. The number of fused-ring (bicyclic) bond motifs is 1. The van der Waals surface area contributed by atoms with Crippen LogP contribution in [-0.2, 0) is 4.79 Å². The Labute approximate surface area is 107 Å². The van der Waals surface area contributed by atoms with Gasteiger partial charge in [-0.1, -0.05) is 0 Å². The van der Waals surface area contributed by atoms with Gasteiger partial charge in [0, 0.05) is 5.56 Å². The summed E-state index contributed by atoms with van der Waals surface area (Å²) in [6.07, 6.45) is -1.20. The van der Waals surface area contributed by atoms with Crippen LogP contribution in [0.3, 0.4) is 0 Å². The third-order valence-electron chi connectivity index (χ3n) is 2.61. The van der Waals surface area contributed by atoms with E-state index in [1.165, 1.54) is 19.1 Å². The molecule has 1 aromatic carbocycles. The Morgan fingerprint density at radius 3 is 2.63 bits per heavy atom. The molecule has 2 atom stereocenters. The highest BCUT2D eigenvalue weighted by Crippen LogP contribution is 2.10. The lowest BCUT2D eigenvalue weighted by molar-refractivity contribution is -0.141. The summed E-state index contributed by atoms with van der Waals surface area (Å²) in [5.41, 5.74) is 1.34. The van der Waals surface area contributed by atoms with Crippen molar-refractivity contribution in [1.29, 1.82) is 0 Å². The number of hydrogen-bond donors (Lipinski definition) is 4. The standard InChI is InChI=1S/C11H12N4O4/c1-5(16)9(11(18)19)12-10(17)6-2-3-7-8(4-6)14-15-13-7/h2-5,9,16H,1H3,(H,12,17)(H,18,19)(H,13,14,15)/t5-,9+/m1/s1. The Morgan fingerprint density at radius 2 is 2.00 bits per heavy atom. The summed E-state index contributed by atoms with van der Waals surface area (Å²) >= 11 is 0. The summed E-state index contributed by atoms with van der Waals surface area (Å²) in [6, 6.07) is 3.21. The molecule has 4 N–H and O–H groups in total. The molecule has 0 aliphatic heterocycles. The van der Waals surface area contributed by atoms with Crippen LogP contribution in [0.15, 0.2) is 18.2 Å².